The molecule has 0 atom stereocenters. The zero-order chi connectivity index (χ0) is 18.4. The summed E-state index contributed by atoms with van der Waals surface area (Å²) in [5.74, 6) is -1.28. The van der Waals surface area contributed by atoms with Gasteiger partial charge < -0.3 is 4.90 Å². The monoisotopic (exact) mass is 417 g/mol. The van der Waals surface area contributed by atoms with Crippen LogP contribution < -0.4 is 4.90 Å². The molecular weight excluding hydrogens is 404 g/mol. The molecule has 0 N–H and O–H groups in total. The minimum atomic E-state index is -0.950. The van der Waals surface area contributed by atoms with Crippen LogP contribution in [0.1, 0.15) is 12.8 Å². The lowest BCUT2D eigenvalue weighted by molar-refractivity contribution is 0.516. The number of rotatable bonds is 3. The predicted octanol–water partition coefficient (Wildman–Crippen LogP) is 4.50. The molecule has 1 aromatic carbocycles. The van der Waals surface area contributed by atoms with Gasteiger partial charge in [-0.3, -0.25) is 4.40 Å². The Balaban J connectivity index is 2.09. The summed E-state index contributed by atoms with van der Waals surface area (Å²) in [6.45, 7) is 8.41. The van der Waals surface area contributed by atoms with Crippen LogP contribution in [0.3, 0.4) is 0 Å². The number of benzene rings is 1. The first kappa shape index (κ1) is 16.8. The highest BCUT2D eigenvalue weighted by Gasteiger charge is 2.26. The smallest absolute Gasteiger partial charge is 0.257 e. The molecule has 0 amide bonds. The molecule has 1 aliphatic heterocycles. The molecule has 2 aromatic heterocycles. The van der Waals surface area contributed by atoms with Gasteiger partial charge in [0.1, 0.15) is 12.1 Å². The van der Waals surface area contributed by atoms with Crippen molar-refractivity contribution >= 4 is 38.4 Å². The van der Waals surface area contributed by atoms with Crippen LogP contribution in [0.4, 0.5) is 14.6 Å². The molecule has 0 bridgehead atoms. The van der Waals surface area contributed by atoms with E-state index in [-0.39, 0.29) is 5.39 Å². The molecule has 4 rings (SSSR count). The topological polar surface area (TPSA) is 46.3 Å². The van der Waals surface area contributed by atoms with Crippen molar-refractivity contribution < 1.29 is 8.78 Å². The zero-order valence-electron chi connectivity index (χ0n) is 13.7. The largest absolute Gasteiger partial charge is 0.325 e. The lowest BCUT2D eigenvalue weighted by Gasteiger charge is -2.32. The maximum atomic E-state index is 14.8. The maximum Gasteiger partial charge on any atom is 0.257 e. The molecule has 26 heavy (non-hydrogen) atoms. The fourth-order valence-electron chi connectivity index (χ4n) is 3.33. The van der Waals surface area contributed by atoms with E-state index in [0.717, 1.165) is 34.7 Å². The van der Waals surface area contributed by atoms with Gasteiger partial charge in [-0.25, -0.2) is 8.78 Å². The number of fused-ring (bicyclic) bond motifs is 3. The Morgan fingerprint density at radius 3 is 2.85 bits per heavy atom. The molecule has 0 radical (unpaired) electrons. The fourth-order valence-corrected chi connectivity index (χ4v) is 3.73. The highest BCUT2D eigenvalue weighted by molar-refractivity contribution is 9.11. The van der Waals surface area contributed by atoms with Crippen LogP contribution >= 0.6 is 15.9 Å². The average Bonchev–Trinajstić information content (AvgIpc) is 3.11. The quantitative estimate of drug-likeness (QED) is 0.628. The van der Waals surface area contributed by atoms with Crippen LogP contribution in [0.2, 0.25) is 0 Å². The summed E-state index contributed by atoms with van der Waals surface area (Å²) < 4.78 is 31.0. The van der Waals surface area contributed by atoms with Crippen molar-refractivity contribution in [2.24, 2.45) is 0 Å². The third-order valence-corrected chi connectivity index (χ3v) is 4.96. The van der Waals surface area contributed by atoms with Crippen LogP contribution in [-0.2, 0) is 0 Å². The van der Waals surface area contributed by atoms with E-state index in [1.54, 1.807) is 6.08 Å². The van der Waals surface area contributed by atoms with Crippen molar-refractivity contribution in [1.82, 2.24) is 19.6 Å². The van der Waals surface area contributed by atoms with E-state index in [1.807, 2.05) is 4.90 Å². The molecule has 0 saturated heterocycles. The summed E-state index contributed by atoms with van der Waals surface area (Å²) in [4.78, 5) is 6.29. The molecule has 0 spiro atoms. The minimum Gasteiger partial charge on any atom is -0.325 e. The molecule has 1 aliphatic rings. The van der Waals surface area contributed by atoms with Crippen molar-refractivity contribution in [1.29, 1.82) is 0 Å². The second-order valence-corrected chi connectivity index (χ2v) is 6.88. The number of anilines is 1. The first-order chi connectivity index (χ1) is 12.5. The molecule has 5 nitrogen and oxygen atoms in total. The molecule has 0 saturated carbocycles. The standard InChI is InChI=1S/C18H14BrF2N5/c1-3-13-11(10(2)19)5-4-8-25(13)17-15-14(7-6-12(20)16(15)21)26-9-22-24-18(26)23-17/h3,6-7,9H,1-2,4-5,8H2. The van der Waals surface area contributed by atoms with Crippen LogP contribution in [0.15, 0.2) is 53.4 Å². The number of aromatic nitrogens is 4. The molecule has 0 fully saturated rings. The number of nitrogens with zero attached hydrogens (tertiary/aromatic N) is 5. The van der Waals surface area contributed by atoms with Gasteiger partial charge in [0, 0.05) is 16.7 Å². The Morgan fingerprint density at radius 1 is 1.31 bits per heavy atom. The van der Waals surface area contributed by atoms with E-state index < -0.39 is 11.6 Å². The van der Waals surface area contributed by atoms with E-state index in [0.29, 0.717) is 23.7 Å². The van der Waals surface area contributed by atoms with Gasteiger partial charge in [-0.15, -0.1) is 10.2 Å². The van der Waals surface area contributed by atoms with Gasteiger partial charge >= 0.3 is 0 Å². The third-order valence-electron chi connectivity index (χ3n) is 4.48. The van der Waals surface area contributed by atoms with Gasteiger partial charge in [0.2, 0.25) is 0 Å². The lowest BCUT2D eigenvalue weighted by atomic mass is 10.0. The first-order valence-electron chi connectivity index (χ1n) is 7.98. The Kier molecular flexibility index (Phi) is 4.07. The van der Waals surface area contributed by atoms with Gasteiger partial charge in [-0.2, -0.15) is 4.98 Å². The van der Waals surface area contributed by atoms with Crippen molar-refractivity contribution in [2.75, 3.05) is 11.4 Å². The Morgan fingerprint density at radius 2 is 2.12 bits per heavy atom. The van der Waals surface area contributed by atoms with Gasteiger partial charge in [-0.1, -0.05) is 29.1 Å². The van der Waals surface area contributed by atoms with Gasteiger partial charge in [0.05, 0.1) is 10.9 Å². The predicted molar refractivity (Wildman–Crippen MR) is 100 cm³/mol. The number of allylic oxidation sites excluding steroid dienone is 3. The van der Waals surface area contributed by atoms with Gasteiger partial charge in [0.15, 0.2) is 11.6 Å². The second kappa shape index (κ2) is 6.28. The summed E-state index contributed by atoms with van der Waals surface area (Å²) in [6.07, 6.45) is 4.73. The second-order valence-electron chi connectivity index (χ2n) is 5.92. The molecule has 3 heterocycles. The van der Waals surface area contributed by atoms with E-state index in [2.05, 4.69) is 44.3 Å². The third kappa shape index (κ3) is 2.44. The summed E-state index contributed by atoms with van der Waals surface area (Å²) in [7, 11) is 0. The lowest BCUT2D eigenvalue weighted by Crippen LogP contribution is -2.29. The van der Waals surface area contributed by atoms with Crippen LogP contribution in [0.5, 0.6) is 0 Å². The number of hydrogen-bond donors (Lipinski definition) is 0. The highest BCUT2D eigenvalue weighted by atomic mass is 79.9. The summed E-state index contributed by atoms with van der Waals surface area (Å²) >= 11 is 3.42. The summed E-state index contributed by atoms with van der Waals surface area (Å²) in [5, 5.41) is 7.89. The van der Waals surface area contributed by atoms with Crippen LogP contribution in [-0.4, -0.2) is 26.1 Å². The Bertz CT molecular complexity index is 1100. The normalized spacial score (nSPS) is 15.1. The maximum absolute atomic E-state index is 14.8. The van der Waals surface area contributed by atoms with Crippen molar-refractivity contribution in [2.45, 2.75) is 12.8 Å². The van der Waals surface area contributed by atoms with Crippen LogP contribution in [0, 0.1) is 11.6 Å². The zero-order valence-corrected chi connectivity index (χ0v) is 15.3. The number of halogens is 3. The van der Waals surface area contributed by atoms with Crippen molar-refractivity contribution in [3.8, 4) is 0 Å². The minimum absolute atomic E-state index is 0.0816. The molecule has 3 aromatic rings. The number of hydrogen-bond acceptors (Lipinski definition) is 4. The highest BCUT2D eigenvalue weighted by Crippen LogP contribution is 2.37. The SMILES string of the molecule is C=CC1=C(C(=C)Br)CCCN1c1nc2nncn2c2ccc(F)c(F)c12. The van der Waals surface area contributed by atoms with E-state index in [9.17, 15) is 8.78 Å². The first-order valence-corrected chi connectivity index (χ1v) is 8.77. The van der Waals surface area contributed by atoms with Crippen LogP contribution in [0.25, 0.3) is 16.7 Å². The van der Waals surface area contributed by atoms with E-state index in [4.69, 9.17) is 0 Å². The van der Waals surface area contributed by atoms with E-state index >= 15 is 0 Å². The van der Waals surface area contributed by atoms with Gasteiger partial charge in [0.25, 0.3) is 5.78 Å². The van der Waals surface area contributed by atoms with E-state index in [1.165, 1.54) is 16.8 Å². The average molecular weight is 418 g/mol. The summed E-state index contributed by atoms with van der Waals surface area (Å²) in [6, 6.07) is 2.59. The Hall–Kier alpha value is -2.61. The van der Waals surface area contributed by atoms with Crippen molar-refractivity contribution in [3.63, 3.8) is 0 Å². The van der Waals surface area contributed by atoms with Crippen molar-refractivity contribution in [3.05, 3.63) is 65.1 Å². The molecule has 8 heteroatoms. The van der Waals surface area contributed by atoms with Gasteiger partial charge in [-0.05, 0) is 36.6 Å². The fraction of sp³-hybridized carbons (Fsp3) is 0.167. The molecular formula is C18H14BrF2N5. The Labute approximate surface area is 156 Å². The summed E-state index contributed by atoms with van der Waals surface area (Å²) in [5.41, 5.74) is 2.17. The molecule has 0 aliphatic carbocycles. The molecule has 0 unspecified atom stereocenters. The molecule has 132 valence electrons.